The molecule has 0 amide bonds. The third-order valence-corrected chi connectivity index (χ3v) is 3.96. The molecule has 0 fully saturated rings. The van der Waals surface area contributed by atoms with Crippen molar-refractivity contribution in [3.63, 3.8) is 0 Å². The molecule has 1 aliphatic rings. The lowest BCUT2D eigenvalue weighted by Gasteiger charge is -2.21. The highest BCUT2D eigenvalue weighted by Gasteiger charge is 2.24. The Morgan fingerprint density at radius 3 is 2.68 bits per heavy atom. The summed E-state index contributed by atoms with van der Waals surface area (Å²) in [6.45, 7) is 2.03. The summed E-state index contributed by atoms with van der Waals surface area (Å²) < 4.78 is 13.8. The minimum atomic E-state index is -0.131. The van der Waals surface area contributed by atoms with Gasteiger partial charge in [0.2, 0.25) is 0 Å². The number of hydrogen-bond acceptors (Lipinski definition) is 1. The fraction of sp³-hybridized carbons (Fsp3) is 0.294. The summed E-state index contributed by atoms with van der Waals surface area (Å²) in [6.07, 6.45) is 2.20. The summed E-state index contributed by atoms with van der Waals surface area (Å²) in [5.41, 5.74) is 3.53. The molecule has 0 spiro atoms. The molecule has 0 aliphatic heterocycles. The molecule has 1 nitrogen and oxygen atoms in total. The number of nitrogens with one attached hydrogen (secondary N) is 1. The molecular weight excluding hydrogens is 237 g/mol. The van der Waals surface area contributed by atoms with Crippen molar-refractivity contribution in [2.45, 2.75) is 31.8 Å². The van der Waals surface area contributed by atoms with Gasteiger partial charge in [0.25, 0.3) is 0 Å². The molecule has 98 valence electrons. The van der Waals surface area contributed by atoms with Crippen molar-refractivity contribution < 1.29 is 4.39 Å². The molecule has 0 radical (unpaired) electrons. The highest BCUT2D eigenvalue weighted by atomic mass is 19.1. The van der Waals surface area contributed by atoms with Crippen molar-refractivity contribution in [1.82, 2.24) is 5.32 Å². The molecule has 2 atom stereocenters. The van der Waals surface area contributed by atoms with Crippen LogP contribution < -0.4 is 5.32 Å². The molecule has 2 aromatic rings. The number of aryl methyl sites for hydroxylation is 1. The first-order valence-corrected chi connectivity index (χ1v) is 6.84. The maximum atomic E-state index is 13.8. The van der Waals surface area contributed by atoms with Crippen LogP contribution in [-0.4, -0.2) is 0 Å². The van der Waals surface area contributed by atoms with E-state index < -0.39 is 0 Å². The van der Waals surface area contributed by atoms with Crippen molar-refractivity contribution in [2.24, 2.45) is 0 Å². The maximum absolute atomic E-state index is 13.8. The molecule has 1 unspecified atom stereocenters. The molecule has 1 aliphatic carbocycles. The van der Waals surface area contributed by atoms with E-state index in [2.05, 4.69) is 29.6 Å². The van der Waals surface area contributed by atoms with Gasteiger partial charge < -0.3 is 5.32 Å². The second-order valence-electron chi connectivity index (χ2n) is 5.20. The number of halogens is 1. The summed E-state index contributed by atoms with van der Waals surface area (Å²) >= 11 is 0. The SMILES string of the molecule is C[C@@H](NC1CCc2ccccc21)c1ccccc1F. The lowest BCUT2D eigenvalue weighted by molar-refractivity contribution is 0.450. The molecule has 2 aromatic carbocycles. The zero-order valence-corrected chi connectivity index (χ0v) is 11.1. The van der Waals surface area contributed by atoms with Gasteiger partial charge in [0, 0.05) is 17.6 Å². The van der Waals surface area contributed by atoms with Gasteiger partial charge in [-0.05, 0) is 37.0 Å². The van der Waals surface area contributed by atoms with Gasteiger partial charge in [-0.1, -0.05) is 42.5 Å². The molecule has 0 bridgehead atoms. The van der Waals surface area contributed by atoms with Crippen molar-refractivity contribution in [3.8, 4) is 0 Å². The molecule has 0 heterocycles. The Bertz CT molecular complexity index is 579. The van der Waals surface area contributed by atoms with E-state index in [9.17, 15) is 4.39 Å². The second-order valence-corrected chi connectivity index (χ2v) is 5.20. The van der Waals surface area contributed by atoms with E-state index in [-0.39, 0.29) is 11.9 Å². The maximum Gasteiger partial charge on any atom is 0.127 e. The van der Waals surface area contributed by atoms with Crippen LogP contribution in [0.3, 0.4) is 0 Å². The number of fused-ring (bicyclic) bond motifs is 1. The predicted molar refractivity (Wildman–Crippen MR) is 75.5 cm³/mol. The van der Waals surface area contributed by atoms with Gasteiger partial charge in [-0.15, -0.1) is 0 Å². The standard InChI is InChI=1S/C17H18FN/c1-12(14-7-4-5-9-16(14)18)19-17-11-10-13-6-2-3-8-15(13)17/h2-9,12,17,19H,10-11H2,1H3/t12-,17?/m1/s1. The second kappa shape index (κ2) is 5.14. The Labute approximate surface area is 113 Å². The van der Waals surface area contributed by atoms with E-state index in [0.717, 1.165) is 18.4 Å². The van der Waals surface area contributed by atoms with Gasteiger partial charge in [0.05, 0.1) is 0 Å². The summed E-state index contributed by atoms with van der Waals surface area (Å²) in [5.74, 6) is -0.131. The number of hydrogen-bond donors (Lipinski definition) is 1. The van der Waals surface area contributed by atoms with Crippen LogP contribution in [0, 0.1) is 5.82 Å². The van der Waals surface area contributed by atoms with Gasteiger partial charge in [-0.3, -0.25) is 0 Å². The topological polar surface area (TPSA) is 12.0 Å². The van der Waals surface area contributed by atoms with E-state index in [1.54, 1.807) is 6.07 Å². The largest absolute Gasteiger partial charge is 0.303 e. The lowest BCUT2D eigenvalue weighted by Crippen LogP contribution is -2.23. The molecule has 2 heteroatoms. The van der Waals surface area contributed by atoms with Crippen LogP contribution in [0.15, 0.2) is 48.5 Å². The van der Waals surface area contributed by atoms with Crippen LogP contribution in [0.1, 0.15) is 42.1 Å². The Hall–Kier alpha value is -1.67. The van der Waals surface area contributed by atoms with Gasteiger partial charge in [-0.25, -0.2) is 4.39 Å². The monoisotopic (exact) mass is 255 g/mol. The summed E-state index contributed by atoms with van der Waals surface area (Å²) in [7, 11) is 0. The smallest absolute Gasteiger partial charge is 0.127 e. The van der Waals surface area contributed by atoms with E-state index in [1.165, 1.54) is 17.2 Å². The van der Waals surface area contributed by atoms with Crippen LogP contribution >= 0.6 is 0 Å². The Morgan fingerprint density at radius 2 is 1.84 bits per heavy atom. The van der Waals surface area contributed by atoms with E-state index in [4.69, 9.17) is 0 Å². The zero-order valence-electron chi connectivity index (χ0n) is 11.1. The molecule has 19 heavy (non-hydrogen) atoms. The first-order valence-electron chi connectivity index (χ1n) is 6.84. The van der Waals surface area contributed by atoms with Crippen LogP contribution in [-0.2, 0) is 6.42 Å². The third-order valence-electron chi connectivity index (χ3n) is 3.96. The van der Waals surface area contributed by atoms with E-state index in [1.807, 2.05) is 19.1 Å². The Balaban J connectivity index is 1.78. The van der Waals surface area contributed by atoms with Gasteiger partial charge >= 0.3 is 0 Å². The number of benzene rings is 2. The Morgan fingerprint density at radius 1 is 1.11 bits per heavy atom. The van der Waals surface area contributed by atoms with Crippen LogP contribution in [0.25, 0.3) is 0 Å². The van der Waals surface area contributed by atoms with Gasteiger partial charge in [0.15, 0.2) is 0 Å². The van der Waals surface area contributed by atoms with Crippen LogP contribution in [0.4, 0.5) is 4.39 Å². The molecular formula is C17H18FN. The average molecular weight is 255 g/mol. The van der Waals surface area contributed by atoms with Crippen molar-refractivity contribution in [2.75, 3.05) is 0 Å². The van der Waals surface area contributed by atoms with E-state index >= 15 is 0 Å². The first-order chi connectivity index (χ1) is 9.25. The molecule has 0 saturated carbocycles. The minimum Gasteiger partial charge on any atom is -0.303 e. The number of rotatable bonds is 3. The highest BCUT2D eigenvalue weighted by Crippen LogP contribution is 2.33. The van der Waals surface area contributed by atoms with Gasteiger partial charge in [0.1, 0.15) is 5.82 Å². The normalized spacial score (nSPS) is 19.2. The highest BCUT2D eigenvalue weighted by molar-refractivity contribution is 5.34. The summed E-state index contributed by atoms with van der Waals surface area (Å²) in [6, 6.07) is 15.9. The van der Waals surface area contributed by atoms with Crippen LogP contribution in [0.5, 0.6) is 0 Å². The van der Waals surface area contributed by atoms with Gasteiger partial charge in [-0.2, -0.15) is 0 Å². The van der Waals surface area contributed by atoms with E-state index in [0.29, 0.717) is 6.04 Å². The zero-order chi connectivity index (χ0) is 13.2. The fourth-order valence-corrected chi connectivity index (χ4v) is 2.95. The fourth-order valence-electron chi connectivity index (χ4n) is 2.95. The molecule has 3 rings (SSSR count). The summed E-state index contributed by atoms with van der Waals surface area (Å²) in [4.78, 5) is 0. The molecule has 1 N–H and O–H groups in total. The van der Waals surface area contributed by atoms with Crippen molar-refractivity contribution in [1.29, 1.82) is 0 Å². The van der Waals surface area contributed by atoms with Crippen molar-refractivity contribution in [3.05, 3.63) is 71.0 Å². The average Bonchev–Trinajstić information content (AvgIpc) is 2.83. The Kier molecular flexibility index (Phi) is 3.34. The molecule has 0 aromatic heterocycles. The summed E-state index contributed by atoms with van der Waals surface area (Å²) in [5, 5.41) is 3.55. The van der Waals surface area contributed by atoms with Crippen molar-refractivity contribution >= 4 is 0 Å². The quantitative estimate of drug-likeness (QED) is 0.868. The van der Waals surface area contributed by atoms with Crippen LogP contribution in [0.2, 0.25) is 0 Å². The lowest BCUT2D eigenvalue weighted by atomic mass is 10.0. The minimum absolute atomic E-state index is 0.0253. The third kappa shape index (κ3) is 2.41. The molecule has 0 saturated heterocycles. The first kappa shape index (κ1) is 12.4. The predicted octanol–water partition coefficient (Wildman–Crippen LogP) is 4.16.